The summed E-state index contributed by atoms with van der Waals surface area (Å²) in [6.07, 6.45) is 0. The van der Waals surface area contributed by atoms with E-state index in [0.717, 1.165) is 0 Å². The second kappa shape index (κ2) is 23.2. The van der Waals surface area contributed by atoms with Gasteiger partial charge in [0.25, 0.3) is 0 Å². The van der Waals surface area contributed by atoms with Crippen LogP contribution in [0.4, 0.5) is 0 Å². The largest absolute Gasteiger partial charge is 0.279 e. The second-order valence-corrected chi connectivity index (χ2v) is 0. The van der Waals surface area contributed by atoms with Crippen LogP contribution in [0.5, 0.6) is 0 Å². The molecule has 0 aromatic carbocycles. The van der Waals surface area contributed by atoms with Crippen LogP contribution in [0.25, 0.3) is 0 Å². The summed E-state index contributed by atoms with van der Waals surface area (Å²) >= 11 is 0. The molecule has 4 heavy (non-hydrogen) atoms. The SMILES string of the molecule is O=P.[Co].[Na]. The molecule has 0 saturated heterocycles. The topological polar surface area (TPSA) is 17.1 Å². The Bertz CT molecular complexity index is 8.00. The zero-order valence-electron chi connectivity index (χ0n) is 2.24. The summed E-state index contributed by atoms with van der Waals surface area (Å²) in [4.78, 5) is 0. The van der Waals surface area contributed by atoms with Crippen LogP contribution in [-0.2, 0) is 21.3 Å². The first-order chi connectivity index (χ1) is 1.00. The molecule has 0 saturated carbocycles. The number of hydrogen-bond acceptors (Lipinski definition) is 1. The van der Waals surface area contributed by atoms with Crippen molar-refractivity contribution in [3.63, 3.8) is 0 Å². The number of hydrogen-bond donors (Lipinski definition) is 0. The summed E-state index contributed by atoms with van der Waals surface area (Å²) < 4.78 is 8.06. The quantitative estimate of drug-likeness (QED) is 0.335. The van der Waals surface area contributed by atoms with Gasteiger partial charge in [0, 0.05) is 46.3 Å². The van der Waals surface area contributed by atoms with Gasteiger partial charge in [0.1, 0.15) is 9.12 Å². The normalized spacial score (nSPS) is 1.00. The predicted octanol–water partition coefficient (Wildman–Crippen LogP) is 0.0914. The molecule has 22 valence electrons. The van der Waals surface area contributed by atoms with Gasteiger partial charge in [-0.15, -0.1) is 0 Å². The van der Waals surface area contributed by atoms with Crippen molar-refractivity contribution in [2.45, 2.75) is 0 Å². The Morgan fingerprint density at radius 1 is 1.25 bits per heavy atom. The fourth-order valence-corrected chi connectivity index (χ4v) is 0. The van der Waals surface area contributed by atoms with Crippen LogP contribution < -0.4 is 0 Å². The molecule has 0 N–H and O–H groups in total. The van der Waals surface area contributed by atoms with Gasteiger partial charge in [0.05, 0.1) is 0 Å². The van der Waals surface area contributed by atoms with Gasteiger partial charge < -0.3 is 0 Å². The maximum atomic E-state index is 8.06. The number of rotatable bonds is 0. The molecule has 0 aromatic heterocycles. The van der Waals surface area contributed by atoms with Gasteiger partial charge in [-0.2, -0.15) is 0 Å². The Labute approximate surface area is 59.6 Å². The molecule has 0 aromatic rings. The van der Waals surface area contributed by atoms with Gasteiger partial charge in [-0.1, -0.05) is 0 Å². The molecule has 0 atom stereocenters. The maximum Gasteiger partial charge on any atom is 0.138 e. The van der Waals surface area contributed by atoms with Crippen molar-refractivity contribution in [3.05, 3.63) is 0 Å². The average Bonchev–Trinajstić information content (AvgIpc) is 1.00. The fraction of sp³-hybridized carbons (Fsp3) is 0. The van der Waals surface area contributed by atoms with Gasteiger partial charge in [0.2, 0.25) is 0 Å². The molecule has 0 unspecified atom stereocenters. The molecular weight excluding hydrogens is 129 g/mol. The monoisotopic (exact) mass is 130 g/mol. The molecule has 0 aliphatic heterocycles. The van der Waals surface area contributed by atoms with Gasteiger partial charge >= 0.3 is 0 Å². The van der Waals surface area contributed by atoms with Gasteiger partial charge in [-0.05, 0) is 0 Å². The third-order valence-corrected chi connectivity index (χ3v) is 0. The van der Waals surface area contributed by atoms with Gasteiger partial charge in [-0.3, -0.25) is 4.57 Å². The van der Waals surface area contributed by atoms with Crippen LogP contribution in [0.15, 0.2) is 0 Å². The Kier molecular flexibility index (Phi) is 102. The molecule has 0 aliphatic rings. The van der Waals surface area contributed by atoms with Crippen molar-refractivity contribution in [3.8, 4) is 0 Å². The molecule has 0 rings (SSSR count). The van der Waals surface area contributed by atoms with E-state index < -0.39 is 0 Å². The van der Waals surface area contributed by atoms with E-state index in [9.17, 15) is 0 Å². The maximum absolute atomic E-state index is 8.06. The predicted molar refractivity (Wildman–Crippen MR) is 14.8 cm³/mol. The molecule has 0 fully saturated rings. The second-order valence-electron chi connectivity index (χ2n) is 0. The van der Waals surface area contributed by atoms with Crippen molar-refractivity contribution >= 4 is 38.7 Å². The van der Waals surface area contributed by atoms with Crippen molar-refractivity contribution in [2.24, 2.45) is 0 Å². The minimum absolute atomic E-state index is 0. The van der Waals surface area contributed by atoms with E-state index in [-0.39, 0.29) is 46.3 Å². The Hall–Kier alpha value is 1.61. The standard InChI is InChI=1S/Co.Na.HOP/c;;1-2/h;;2H. The first kappa shape index (κ1) is 17.5. The third kappa shape index (κ3) is 9.49. The zero-order chi connectivity index (χ0) is 2.00. The van der Waals surface area contributed by atoms with E-state index in [1.807, 2.05) is 0 Å². The van der Waals surface area contributed by atoms with Gasteiger partial charge in [-0.25, -0.2) is 0 Å². The molecule has 0 spiro atoms. The van der Waals surface area contributed by atoms with Crippen LogP contribution in [0.1, 0.15) is 0 Å². The molecule has 1 nitrogen and oxygen atoms in total. The minimum atomic E-state index is 0. The Morgan fingerprint density at radius 3 is 1.25 bits per heavy atom. The molecule has 2 radical (unpaired) electrons. The summed E-state index contributed by atoms with van der Waals surface area (Å²) in [5.41, 5.74) is 0. The van der Waals surface area contributed by atoms with Crippen LogP contribution in [-0.4, -0.2) is 29.6 Å². The van der Waals surface area contributed by atoms with E-state index >= 15 is 0 Å². The Morgan fingerprint density at radius 2 is 1.25 bits per heavy atom. The minimum Gasteiger partial charge on any atom is -0.279 e. The summed E-state index contributed by atoms with van der Waals surface area (Å²) in [7, 11) is 1.72. The van der Waals surface area contributed by atoms with Crippen molar-refractivity contribution in [2.75, 3.05) is 0 Å². The van der Waals surface area contributed by atoms with E-state index in [4.69, 9.17) is 4.57 Å². The summed E-state index contributed by atoms with van der Waals surface area (Å²) in [5, 5.41) is 0. The molecule has 0 heterocycles. The summed E-state index contributed by atoms with van der Waals surface area (Å²) in [6.45, 7) is 0. The smallest absolute Gasteiger partial charge is 0.138 e. The van der Waals surface area contributed by atoms with Crippen LogP contribution in [0.2, 0.25) is 0 Å². The van der Waals surface area contributed by atoms with Crippen molar-refractivity contribution < 1.29 is 21.3 Å². The van der Waals surface area contributed by atoms with E-state index in [1.54, 1.807) is 9.12 Å². The summed E-state index contributed by atoms with van der Waals surface area (Å²) in [5.74, 6) is 0. The van der Waals surface area contributed by atoms with E-state index in [2.05, 4.69) is 0 Å². The molecule has 4 heteroatoms. The van der Waals surface area contributed by atoms with Gasteiger partial charge in [0.15, 0.2) is 0 Å². The summed E-state index contributed by atoms with van der Waals surface area (Å²) in [6, 6.07) is 0. The van der Waals surface area contributed by atoms with Crippen LogP contribution in [0, 0.1) is 0 Å². The average molecular weight is 130 g/mol. The first-order valence-corrected chi connectivity index (χ1v) is 0.612. The van der Waals surface area contributed by atoms with Crippen LogP contribution >= 0.6 is 9.12 Å². The molecule has 0 amide bonds. The van der Waals surface area contributed by atoms with E-state index in [0.29, 0.717) is 0 Å². The van der Waals surface area contributed by atoms with Crippen molar-refractivity contribution in [1.29, 1.82) is 0 Å². The van der Waals surface area contributed by atoms with Crippen LogP contribution in [0.3, 0.4) is 0 Å². The Balaban J connectivity index is -0.00000000500. The van der Waals surface area contributed by atoms with Crippen molar-refractivity contribution in [1.82, 2.24) is 0 Å². The zero-order valence-corrected chi connectivity index (χ0v) is 6.28. The third-order valence-electron chi connectivity index (χ3n) is 0. The first-order valence-electron chi connectivity index (χ1n) is 0.204. The molecular formula is HCoNaOP. The fourth-order valence-electron chi connectivity index (χ4n) is 0. The van der Waals surface area contributed by atoms with E-state index in [1.165, 1.54) is 0 Å². The molecule has 0 bridgehead atoms. The molecule has 0 aliphatic carbocycles.